The summed E-state index contributed by atoms with van der Waals surface area (Å²) in [5, 5.41) is 4.75. The van der Waals surface area contributed by atoms with Crippen LogP contribution in [0.4, 0.5) is 19.0 Å². The van der Waals surface area contributed by atoms with Crippen LogP contribution in [-0.2, 0) is 4.79 Å². The van der Waals surface area contributed by atoms with Crippen molar-refractivity contribution in [2.45, 2.75) is 11.8 Å². The van der Waals surface area contributed by atoms with Crippen LogP contribution < -0.4 is 20.6 Å². The van der Waals surface area contributed by atoms with Crippen LogP contribution in [0.5, 0.6) is 0 Å². The third kappa shape index (κ3) is 2.80. The largest absolute Gasteiger partial charge is 0.488 e. The Morgan fingerprint density at radius 3 is 2.42 bits per heavy atom. The number of amidine groups is 1. The molecule has 9 heteroatoms. The molecule has 0 aliphatic carbocycles. The number of halogens is 4. The van der Waals surface area contributed by atoms with Gasteiger partial charge in [0.2, 0.25) is 0 Å². The number of amides is 1. The topological polar surface area (TPSA) is 69.2 Å². The second-order valence-electron chi connectivity index (χ2n) is 5.11. The van der Waals surface area contributed by atoms with Crippen molar-refractivity contribution in [3.8, 4) is 0 Å². The number of aromatic nitrogens is 1. The van der Waals surface area contributed by atoms with E-state index in [0.717, 1.165) is 0 Å². The SMILES string of the molecule is O=C1NC(c2ccccc2)=[NH+][C@@]1(Nc1ccc(Cl)c[nH+]1)C(F)(F)F. The van der Waals surface area contributed by atoms with Crippen LogP contribution in [0.15, 0.2) is 48.7 Å². The number of nitrogens with one attached hydrogen (secondary N) is 4. The number of benzene rings is 1. The highest BCUT2D eigenvalue weighted by molar-refractivity contribution is 6.30. The van der Waals surface area contributed by atoms with Crippen LogP contribution in [0.3, 0.4) is 0 Å². The van der Waals surface area contributed by atoms with Crippen LogP contribution >= 0.6 is 11.6 Å². The van der Waals surface area contributed by atoms with Gasteiger partial charge in [-0.1, -0.05) is 29.8 Å². The molecular weight excluding hydrogens is 345 g/mol. The fraction of sp³-hybridized carbons (Fsp3) is 0.133. The van der Waals surface area contributed by atoms with Crippen LogP contribution in [-0.4, -0.2) is 23.6 Å². The Kier molecular flexibility index (Phi) is 3.92. The molecule has 0 saturated heterocycles. The lowest BCUT2D eigenvalue weighted by molar-refractivity contribution is -0.568. The van der Waals surface area contributed by atoms with Crippen LogP contribution in [0.1, 0.15) is 5.56 Å². The van der Waals surface area contributed by atoms with Gasteiger partial charge in [-0.3, -0.25) is 0 Å². The smallest absolute Gasteiger partial charge is 0.246 e. The third-order valence-electron chi connectivity index (χ3n) is 3.48. The highest BCUT2D eigenvalue weighted by atomic mass is 35.5. The number of H-pyrrole nitrogens is 1. The molecule has 124 valence electrons. The summed E-state index contributed by atoms with van der Waals surface area (Å²) >= 11 is 5.70. The van der Waals surface area contributed by atoms with Gasteiger partial charge in [-0.15, -0.1) is 0 Å². The molecule has 1 aromatic carbocycles. The molecule has 0 spiro atoms. The number of carbonyl (C=O) groups is 1. The second-order valence-corrected chi connectivity index (χ2v) is 5.55. The van der Waals surface area contributed by atoms with Gasteiger partial charge in [0.1, 0.15) is 6.20 Å². The number of carbonyl (C=O) groups excluding carboxylic acids is 1. The van der Waals surface area contributed by atoms with Crippen LogP contribution in [0.2, 0.25) is 5.02 Å². The molecule has 0 unspecified atom stereocenters. The van der Waals surface area contributed by atoms with Gasteiger partial charge in [0.25, 0.3) is 11.7 Å². The minimum Gasteiger partial charge on any atom is -0.246 e. The first-order valence-corrected chi connectivity index (χ1v) is 7.24. The van der Waals surface area contributed by atoms with Crippen molar-refractivity contribution < 1.29 is 27.9 Å². The highest BCUT2D eigenvalue weighted by Crippen LogP contribution is 2.29. The number of rotatable bonds is 3. The standard InChI is InChI=1S/C15H10ClF3N4O/c16-10-6-7-11(20-8-10)22-14(15(17,18)19)13(24)21-12(23-14)9-4-2-1-3-5-9/h1-8H,(H,20,22)(H,21,23,24)/p+2/t14-/m1/s1. The lowest BCUT2D eigenvalue weighted by atomic mass is 10.1. The van der Waals surface area contributed by atoms with Gasteiger partial charge in [-0.05, 0) is 18.2 Å². The molecule has 24 heavy (non-hydrogen) atoms. The van der Waals surface area contributed by atoms with E-state index in [2.05, 4.69) is 20.6 Å². The van der Waals surface area contributed by atoms with Crippen LogP contribution in [0, 0.1) is 0 Å². The van der Waals surface area contributed by atoms with Crippen molar-refractivity contribution >= 4 is 29.2 Å². The van der Waals surface area contributed by atoms with Crippen molar-refractivity contribution in [1.82, 2.24) is 5.32 Å². The number of pyridine rings is 1. The molecule has 2 heterocycles. The molecule has 1 amide bonds. The van der Waals surface area contributed by atoms with E-state index in [4.69, 9.17) is 11.6 Å². The van der Waals surface area contributed by atoms with Crippen molar-refractivity contribution in [2.75, 3.05) is 5.32 Å². The molecule has 0 fully saturated rings. The number of aromatic amines is 1. The van der Waals surface area contributed by atoms with E-state index < -0.39 is 17.7 Å². The Bertz CT molecular complexity index is 793. The van der Waals surface area contributed by atoms with Crippen molar-refractivity contribution in [3.63, 3.8) is 0 Å². The summed E-state index contributed by atoms with van der Waals surface area (Å²) < 4.78 is 41.0. The van der Waals surface area contributed by atoms with E-state index in [1.165, 1.54) is 18.3 Å². The molecule has 1 aliphatic heterocycles. The average molecular weight is 357 g/mol. The highest BCUT2D eigenvalue weighted by Gasteiger charge is 2.73. The van der Waals surface area contributed by atoms with Gasteiger partial charge in [0.15, 0.2) is 0 Å². The summed E-state index contributed by atoms with van der Waals surface area (Å²) in [5.41, 5.74) is -2.57. The van der Waals surface area contributed by atoms with Crippen molar-refractivity contribution in [1.29, 1.82) is 0 Å². The van der Waals surface area contributed by atoms with Crippen molar-refractivity contribution in [2.24, 2.45) is 0 Å². The number of hydrogen-bond donors (Lipinski definition) is 3. The normalized spacial score (nSPS) is 20.5. The summed E-state index contributed by atoms with van der Waals surface area (Å²) in [4.78, 5) is 17.0. The summed E-state index contributed by atoms with van der Waals surface area (Å²) in [6.45, 7) is 0. The molecule has 0 radical (unpaired) electrons. The predicted molar refractivity (Wildman–Crippen MR) is 80.1 cm³/mol. The zero-order valence-corrected chi connectivity index (χ0v) is 12.8. The fourth-order valence-corrected chi connectivity index (χ4v) is 2.39. The molecule has 2 aromatic rings. The van der Waals surface area contributed by atoms with Gasteiger partial charge < -0.3 is 0 Å². The van der Waals surface area contributed by atoms with E-state index in [1.807, 2.05) is 0 Å². The Hall–Kier alpha value is -2.61. The van der Waals surface area contributed by atoms with E-state index in [0.29, 0.717) is 10.6 Å². The Labute approximate surface area is 139 Å². The van der Waals surface area contributed by atoms with Gasteiger partial charge in [0.05, 0.1) is 10.6 Å². The Morgan fingerprint density at radius 2 is 1.83 bits per heavy atom. The molecule has 1 atom stereocenters. The molecule has 1 aliphatic rings. The maximum absolute atomic E-state index is 13.7. The lowest BCUT2D eigenvalue weighted by Gasteiger charge is -2.19. The van der Waals surface area contributed by atoms with E-state index in [9.17, 15) is 18.0 Å². The zero-order valence-electron chi connectivity index (χ0n) is 12.0. The van der Waals surface area contributed by atoms with E-state index in [1.54, 1.807) is 30.3 Å². The first kappa shape index (κ1) is 16.3. The maximum atomic E-state index is 13.7. The zero-order chi connectivity index (χ0) is 17.4. The molecule has 1 aromatic heterocycles. The predicted octanol–water partition coefficient (Wildman–Crippen LogP) is 0.482. The summed E-state index contributed by atoms with van der Waals surface area (Å²) in [6.07, 6.45) is -3.59. The quantitative estimate of drug-likeness (QED) is 0.749. The Balaban J connectivity index is 2.04. The minimum atomic E-state index is -4.90. The molecule has 4 N–H and O–H groups in total. The average Bonchev–Trinajstić information content (AvgIpc) is 2.88. The summed E-state index contributed by atoms with van der Waals surface area (Å²) in [7, 11) is 0. The molecule has 5 nitrogen and oxygen atoms in total. The number of alkyl halides is 3. The lowest BCUT2D eigenvalue weighted by Crippen LogP contribution is -2.94. The van der Waals surface area contributed by atoms with Gasteiger partial charge >= 0.3 is 17.7 Å². The summed E-state index contributed by atoms with van der Waals surface area (Å²) in [5.74, 6) is -1.30. The maximum Gasteiger partial charge on any atom is 0.488 e. The molecule has 0 bridgehead atoms. The molecule has 0 saturated carbocycles. The number of anilines is 1. The van der Waals surface area contributed by atoms with E-state index >= 15 is 0 Å². The van der Waals surface area contributed by atoms with Crippen molar-refractivity contribution in [3.05, 3.63) is 59.2 Å². The minimum absolute atomic E-state index is 0.0197. The first-order valence-electron chi connectivity index (χ1n) is 6.86. The third-order valence-corrected chi connectivity index (χ3v) is 3.71. The molecule has 3 rings (SSSR count). The second kappa shape index (κ2) is 5.79. The first-order chi connectivity index (χ1) is 11.3. The van der Waals surface area contributed by atoms with Gasteiger partial charge in [-0.2, -0.15) is 13.2 Å². The van der Waals surface area contributed by atoms with E-state index in [-0.39, 0.29) is 11.7 Å². The monoisotopic (exact) mass is 356 g/mol. The van der Waals surface area contributed by atoms with Crippen LogP contribution in [0.25, 0.3) is 0 Å². The van der Waals surface area contributed by atoms with Gasteiger partial charge in [-0.25, -0.2) is 25.4 Å². The fourth-order valence-electron chi connectivity index (χ4n) is 2.28. The number of hydrogen-bond acceptors (Lipinski definition) is 2. The summed E-state index contributed by atoms with van der Waals surface area (Å²) in [6, 6.07) is 10.9. The van der Waals surface area contributed by atoms with Gasteiger partial charge in [0, 0.05) is 6.07 Å². The Morgan fingerprint density at radius 1 is 1.12 bits per heavy atom. The molecular formula is C15H12ClF3N4O+2.